The first-order valence-electron chi connectivity index (χ1n) is 6.10. The number of benzene rings is 1. The molecule has 4 nitrogen and oxygen atoms in total. The molecule has 0 saturated carbocycles. The van der Waals surface area contributed by atoms with Crippen molar-refractivity contribution in [2.75, 3.05) is 0 Å². The van der Waals surface area contributed by atoms with E-state index in [-0.39, 0.29) is 11.3 Å². The fraction of sp³-hybridized carbons (Fsp3) is 0.286. The minimum absolute atomic E-state index is 0.181. The quantitative estimate of drug-likeness (QED) is 0.858. The van der Waals surface area contributed by atoms with Gasteiger partial charge >= 0.3 is 5.97 Å². The van der Waals surface area contributed by atoms with Gasteiger partial charge in [-0.1, -0.05) is 18.2 Å². The molecule has 0 bridgehead atoms. The van der Waals surface area contributed by atoms with Crippen LogP contribution in [0.4, 0.5) is 0 Å². The molecule has 1 aromatic rings. The molecule has 1 aromatic carbocycles. The van der Waals surface area contributed by atoms with Gasteiger partial charge in [0.15, 0.2) is 0 Å². The summed E-state index contributed by atoms with van der Waals surface area (Å²) in [5.41, 5.74) is 1.34. The zero-order valence-electron chi connectivity index (χ0n) is 10.2. The van der Waals surface area contributed by atoms with Gasteiger partial charge < -0.3 is 10.0 Å². The van der Waals surface area contributed by atoms with Crippen LogP contribution in [0.2, 0.25) is 0 Å². The van der Waals surface area contributed by atoms with Gasteiger partial charge in [-0.2, -0.15) is 0 Å². The second-order valence-corrected chi connectivity index (χ2v) is 6.11. The number of thioether (sulfide) groups is 1. The largest absolute Gasteiger partial charge is 0.478 e. The van der Waals surface area contributed by atoms with Gasteiger partial charge in [0.05, 0.1) is 17.4 Å². The van der Waals surface area contributed by atoms with Crippen LogP contribution in [0.15, 0.2) is 36.5 Å². The van der Waals surface area contributed by atoms with Crippen molar-refractivity contribution < 1.29 is 14.7 Å². The molecule has 2 aliphatic heterocycles. The Morgan fingerprint density at radius 2 is 2.32 bits per heavy atom. The number of nitrogens with zero attached hydrogens (tertiary/aromatic N) is 1. The summed E-state index contributed by atoms with van der Waals surface area (Å²) < 4.78 is 0. The van der Waals surface area contributed by atoms with E-state index in [0.717, 1.165) is 12.0 Å². The van der Waals surface area contributed by atoms with Gasteiger partial charge in [0, 0.05) is 11.4 Å². The summed E-state index contributed by atoms with van der Waals surface area (Å²) in [6, 6.07) is 7.03. The first-order valence-corrected chi connectivity index (χ1v) is 7.05. The lowest BCUT2D eigenvalue weighted by Gasteiger charge is -2.41. The highest BCUT2D eigenvalue weighted by Crippen LogP contribution is 2.38. The average Bonchev–Trinajstić information content (AvgIpc) is 2.38. The van der Waals surface area contributed by atoms with Crippen LogP contribution in [0.25, 0.3) is 0 Å². The van der Waals surface area contributed by atoms with Crippen LogP contribution in [0.1, 0.15) is 22.3 Å². The van der Waals surface area contributed by atoms with Gasteiger partial charge in [-0.15, -0.1) is 11.8 Å². The fourth-order valence-electron chi connectivity index (χ4n) is 2.31. The summed E-state index contributed by atoms with van der Waals surface area (Å²) in [6.07, 6.45) is 5.28. The molecule has 2 atom stereocenters. The lowest BCUT2D eigenvalue weighted by atomic mass is 10.1. The molecule has 1 amide bonds. The molecule has 0 spiro atoms. The molecule has 1 unspecified atom stereocenters. The first kappa shape index (κ1) is 12.3. The van der Waals surface area contributed by atoms with Gasteiger partial charge in [0.2, 0.25) is 5.91 Å². The summed E-state index contributed by atoms with van der Waals surface area (Å²) >= 11 is 1.76. The Kier molecular flexibility index (Phi) is 3.06. The van der Waals surface area contributed by atoms with Crippen molar-refractivity contribution in [1.29, 1.82) is 0 Å². The Morgan fingerprint density at radius 3 is 3.00 bits per heavy atom. The lowest BCUT2D eigenvalue weighted by molar-refractivity contribution is -0.137. The highest BCUT2D eigenvalue weighted by molar-refractivity contribution is 8.00. The van der Waals surface area contributed by atoms with E-state index in [9.17, 15) is 9.59 Å². The minimum Gasteiger partial charge on any atom is -0.478 e. The Labute approximate surface area is 115 Å². The highest BCUT2D eigenvalue weighted by Gasteiger charge is 2.38. The number of fused-ring (bicyclic) bond motifs is 1. The van der Waals surface area contributed by atoms with E-state index < -0.39 is 5.97 Å². The van der Waals surface area contributed by atoms with Crippen molar-refractivity contribution in [3.05, 3.63) is 47.7 Å². The Hall–Kier alpha value is -1.75. The molecular weight excluding hydrogens is 262 g/mol. The van der Waals surface area contributed by atoms with E-state index in [4.69, 9.17) is 5.11 Å². The van der Waals surface area contributed by atoms with Crippen LogP contribution < -0.4 is 0 Å². The second kappa shape index (κ2) is 4.74. The number of hydrogen-bond acceptors (Lipinski definition) is 3. The molecule has 1 fully saturated rings. The third-order valence-corrected chi connectivity index (χ3v) is 4.73. The predicted octanol–water partition coefficient (Wildman–Crippen LogP) is 2.11. The number of rotatable bonds is 3. The zero-order chi connectivity index (χ0) is 13.4. The molecule has 5 heteroatoms. The van der Waals surface area contributed by atoms with E-state index in [1.54, 1.807) is 34.9 Å². The monoisotopic (exact) mass is 275 g/mol. The van der Waals surface area contributed by atoms with Crippen molar-refractivity contribution in [1.82, 2.24) is 4.90 Å². The number of aromatic carboxylic acids is 1. The van der Waals surface area contributed by atoms with Crippen molar-refractivity contribution >= 4 is 23.6 Å². The van der Waals surface area contributed by atoms with Crippen molar-refractivity contribution in [3.8, 4) is 0 Å². The Balaban J connectivity index is 1.70. The van der Waals surface area contributed by atoms with E-state index in [1.807, 2.05) is 18.3 Å². The molecule has 19 heavy (non-hydrogen) atoms. The number of β-lactam (4-membered cyclic amide) rings is 1. The number of amides is 1. The summed E-state index contributed by atoms with van der Waals surface area (Å²) in [5.74, 6) is -0.718. The maximum atomic E-state index is 11.2. The minimum atomic E-state index is -0.899. The SMILES string of the molecule is O=C(O)c1cccc(CC2C=CN3C(=O)C[C@H]3S2)c1. The van der Waals surface area contributed by atoms with Crippen LogP contribution in [0, 0.1) is 0 Å². The third kappa shape index (κ3) is 2.38. The molecule has 2 heterocycles. The van der Waals surface area contributed by atoms with Crippen LogP contribution in [0.3, 0.4) is 0 Å². The van der Waals surface area contributed by atoms with Gasteiger partial charge in [-0.25, -0.2) is 4.79 Å². The topological polar surface area (TPSA) is 57.6 Å². The number of hydrogen-bond donors (Lipinski definition) is 1. The molecule has 0 aromatic heterocycles. The van der Waals surface area contributed by atoms with Gasteiger partial charge in [-0.3, -0.25) is 4.79 Å². The lowest BCUT2D eigenvalue weighted by Crippen LogP contribution is -2.49. The van der Waals surface area contributed by atoms with Gasteiger partial charge in [0.25, 0.3) is 0 Å². The summed E-state index contributed by atoms with van der Waals surface area (Å²) in [4.78, 5) is 23.9. The normalized spacial score (nSPS) is 24.8. The maximum absolute atomic E-state index is 11.2. The van der Waals surface area contributed by atoms with E-state index in [1.165, 1.54) is 0 Å². The highest BCUT2D eigenvalue weighted by atomic mass is 32.2. The fourth-order valence-corrected chi connectivity index (χ4v) is 3.72. The van der Waals surface area contributed by atoms with Gasteiger partial charge in [0.1, 0.15) is 0 Å². The third-order valence-electron chi connectivity index (χ3n) is 3.35. The molecule has 1 saturated heterocycles. The second-order valence-electron chi connectivity index (χ2n) is 4.69. The Morgan fingerprint density at radius 1 is 1.47 bits per heavy atom. The number of carboxylic acid groups (broad SMARTS) is 1. The van der Waals surface area contributed by atoms with Crippen molar-refractivity contribution in [2.45, 2.75) is 23.5 Å². The van der Waals surface area contributed by atoms with Crippen LogP contribution in [-0.4, -0.2) is 32.5 Å². The number of carbonyl (C=O) groups is 2. The predicted molar refractivity (Wildman–Crippen MR) is 72.9 cm³/mol. The molecular formula is C14H13NO3S. The summed E-state index contributed by atoms with van der Waals surface area (Å²) in [5, 5.41) is 9.54. The van der Waals surface area contributed by atoms with Crippen molar-refractivity contribution in [3.63, 3.8) is 0 Å². The Bertz CT molecular complexity index is 570. The van der Waals surface area contributed by atoms with E-state index >= 15 is 0 Å². The van der Waals surface area contributed by atoms with Gasteiger partial charge in [-0.05, 0) is 24.1 Å². The van der Waals surface area contributed by atoms with Crippen molar-refractivity contribution in [2.24, 2.45) is 0 Å². The molecule has 98 valence electrons. The van der Waals surface area contributed by atoms with E-state index in [2.05, 4.69) is 0 Å². The zero-order valence-corrected chi connectivity index (χ0v) is 11.0. The van der Waals surface area contributed by atoms with Crippen LogP contribution in [-0.2, 0) is 11.2 Å². The summed E-state index contributed by atoms with van der Waals surface area (Å²) in [6.45, 7) is 0. The summed E-state index contributed by atoms with van der Waals surface area (Å²) in [7, 11) is 0. The molecule has 2 aliphatic rings. The van der Waals surface area contributed by atoms with Crippen LogP contribution in [0.5, 0.6) is 0 Å². The van der Waals surface area contributed by atoms with E-state index in [0.29, 0.717) is 17.2 Å². The average molecular weight is 275 g/mol. The number of carboxylic acids is 1. The molecule has 0 radical (unpaired) electrons. The molecule has 3 rings (SSSR count). The maximum Gasteiger partial charge on any atom is 0.335 e. The van der Waals surface area contributed by atoms with Crippen LogP contribution >= 0.6 is 11.8 Å². The molecule has 1 N–H and O–H groups in total. The molecule has 0 aliphatic carbocycles. The number of carbonyl (C=O) groups excluding carboxylic acids is 1. The standard InChI is InChI=1S/C14H13NO3S/c16-12-8-13-15(12)5-4-11(19-13)7-9-2-1-3-10(6-9)14(17)18/h1-6,11,13H,7-8H2,(H,17,18)/t11?,13-/m1/s1. The first-order chi connectivity index (χ1) is 9.13. The smallest absolute Gasteiger partial charge is 0.335 e.